The molecule has 1 aromatic heterocycles. The van der Waals surface area contributed by atoms with Gasteiger partial charge in [-0.2, -0.15) is 0 Å². The van der Waals surface area contributed by atoms with Crippen LogP contribution in [0.25, 0.3) is 17.1 Å². The number of fused-ring (bicyclic) bond motifs is 1. The number of hydrogen-bond acceptors (Lipinski definition) is 2. The number of nitrogens with zero attached hydrogens (tertiary/aromatic N) is 2. The highest BCUT2D eigenvalue weighted by molar-refractivity contribution is 6.29. The average Bonchev–Trinajstić information content (AvgIpc) is 2.16. The highest BCUT2D eigenvalue weighted by atomic mass is 35.5. The van der Waals surface area contributed by atoms with Crippen molar-refractivity contribution < 1.29 is 0 Å². The van der Waals surface area contributed by atoms with E-state index in [1.807, 2.05) is 18.2 Å². The van der Waals surface area contributed by atoms with Gasteiger partial charge in [0, 0.05) is 0 Å². The number of halogens is 1. The van der Waals surface area contributed by atoms with Gasteiger partial charge in [0.05, 0.1) is 17.2 Å². The van der Waals surface area contributed by atoms with Gasteiger partial charge in [-0.3, -0.25) is 4.98 Å². The van der Waals surface area contributed by atoms with Gasteiger partial charge in [0.2, 0.25) is 0 Å². The first kappa shape index (κ1) is 8.20. The highest BCUT2D eigenvalue weighted by Crippen LogP contribution is 2.14. The third-order valence-electron chi connectivity index (χ3n) is 1.77. The molecule has 64 valence electrons. The molecule has 0 atom stereocenters. The molecule has 0 aliphatic carbocycles. The Labute approximate surface area is 80.9 Å². The fourth-order valence-electron chi connectivity index (χ4n) is 1.13. The lowest BCUT2D eigenvalue weighted by molar-refractivity contribution is 1.29. The minimum atomic E-state index is 0.411. The van der Waals surface area contributed by atoms with Crippen LogP contribution < -0.4 is 0 Å². The van der Waals surface area contributed by atoms with E-state index in [0.717, 1.165) is 16.6 Å². The molecule has 0 N–H and O–H groups in total. The van der Waals surface area contributed by atoms with E-state index in [1.54, 1.807) is 6.08 Å². The van der Waals surface area contributed by atoms with Crippen LogP contribution in [0.3, 0.4) is 0 Å². The first-order chi connectivity index (χ1) is 6.29. The lowest BCUT2D eigenvalue weighted by Gasteiger charge is -1.97. The molecule has 0 amide bonds. The van der Waals surface area contributed by atoms with Crippen LogP contribution in [0, 0.1) is 0 Å². The molecule has 0 bridgehead atoms. The van der Waals surface area contributed by atoms with E-state index >= 15 is 0 Å². The Bertz CT molecular complexity index is 465. The number of rotatable bonds is 1. The molecule has 0 radical (unpaired) electrons. The third kappa shape index (κ3) is 1.53. The van der Waals surface area contributed by atoms with Crippen molar-refractivity contribution >= 4 is 28.7 Å². The standard InChI is InChI=1S/C10H7ClN2/c1-2-7-3-4-8-9(5-7)13-10(11)6-12-8/h2-6H,1H2. The van der Waals surface area contributed by atoms with Gasteiger partial charge >= 0.3 is 0 Å². The predicted molar refractivity (Wildman–Crippen MR) is 54.6 cm³/mol. The quantitative estimate of drug-likeness (QED) is 0.691. The van der Waals surface area contributed by atoms with Gasteiger partial charge in [0.25, 0.3) is 0 Å². The second-order valence-corrected chi connectivity index (χ2v) is 3.03. The van der Waals surface area contributed by atoms with Crippen molar-refractivity contribution in [2.75, 3.05) is 0 Å². The zero-order chi connectivity index (χ0) is 9.26. The maximum Gasteiger partial charge on any atom is 0.148 e. The van der Waals surface area contributed by atoms with Crippen LogP contribution in [0.1, 0.15) is 5.56 Å². The normalized spacial score (nSPS) is 10.2. The molecule has 1 aromatic carbocycles. The second kappa shape index (κ2) is 3.15. The Balaban J connectivity index is 2.74. The monoisotopic (exact) mass is 190 g/mol. The van der Waals surface area contributed by atoms with Crippen molar-refractivity contribution in [1.82, 2.24) is 9.97 Å². The van der Waals surface area contributed by atoms with Gasteiger partial charge in [-0.25, -0.2) is 4.98 Å². The van der Waals surface area contributed by atoms with Gasteiger partial charge in [0.15, 0.2) is 0 Å². The molecular weight excluding hydrogens is 184 g/mol. The third-order valence-corrected chi connectivity index (χ3v) is 1.95. The molecule has 0 spiro atoms. The zero-order valence-corrected chi connectivity index (χ0v) is 7.62. The van der Waals surface area contributed by atoms with Gasteiger partial charge in [-0.1, -0.05) is 30.3 Å². The largest absolute Gasteiger partial charge is 0.251 e. The van der Waals surface area contributed by atoms with Crippen molar-refractivity contribution in [2.45, 2.75) is 0 Å². The molecule has 3 heteroatoms. The molecule has 13 heavy (non-hydrogen) atoms. The van der Waals surface area contributed by atoms with Crippen LogP contribution in [0.5, 0.6) is 0 Å². The highest BCUT2D eigenvalue weighted by Gasteiger charge is 1.97. The van der Waals surface area contributed by atoms with Crippen LogP contribution in [0.4, 0.5) is 0 Å². The molecule has 0 fully saturated rings. The zero-order valence-electron chi connectivity index (χ0n) is 6.87. The fourth-order valence-corrected chi connectivity index (χ4v) is 1.27. The fraction of sp³-hybridized carbons (Fsp3) is 0. The first-order valence-electron chi connectivity index (χ1n) is 3.84. The summed E-state index contributed by atoms with van der Waals surface area (Å²) in [6, 6.07) is 5.74. The lowest BCUT2D eigenvalue weighted by Crippen LogP contribution is -1.84. The molecule has 2 aromatic rings. The summed E-state index contributed by atoms with van der Waals surface area (Å²) >= 11 is 5.71. The minimum absolute atomic E-state index is 0.411. The average molecular weight is 191 g/mol. The summed E-state index contributed by atoms with van der Waals surface area (Å²) in [5.41, 5.74) is 2.66. The summed E-state index contributed by atoms with van der Waals surface area (Å²) < 4.78 is 0. The minimum Gasteiger partial charge on any atom is -0.251 e. The van der Waals surface area contributed by atoms with E-state index in [-0.39, 0.29) is 0 Å². The number of hydrogen-bond donors (Lipinski definition) is 0. The summed E-state index contributed by atoms with van der Waals surface area (Å²) in [5.74, 6) is 0. The molecule has 0 aliphatic rings. The van der Waals surface area contributed by atoms with Crippen molar-refractivity contribution in [1.29, 1.82) is 0 Å². The number of benzene rings is 1. The topological polar surface area (TPSA) is 25.8 Å². The van der Waals surface area contributed by atoms with Gasteiger partial charge < -0.3 is 0 Å². The van der Waals surface area contributed by atoms with E-state index in [1.165, 1.54) is 6.20 Å². The van der Waals surface area contributed by atoms with Gasteiger partial charge in [0.1, 0.15) is 5.15 Å². The molecule has 0 unspecified atom stereocenters. The summed E-state index contributed by atoms with van der Waals surface area (Å²) in [6.07, 6.45) is 3.31. The van der Waals surface area contributed by atoms with E-state index in [9.17, 15) is 0 Å². The summed E-state index contributed by atoms with van der Waals surface area (Å²) in [4.78, 5) is 8.27. The maximum atomic E-state index is 5.71. The van der Waals surface area contributed by atoms with Crippen LogP contribution in [0.15, 0.2) is 31.0 Å². The SMILES string of the molecule is C=Cc1ccc2ncc(Cl)nc2c1. The van der Waals surface area contributed by atoms with Gasteiger partial charge in [-0.15, -0.1) is 0 Å². The molecular formula is C10H7ClN2. The Morgan fingerprint density at radius 2 is 2.15 bits per heavy atom. The maximum absolute atomic E-state index is 5.71. The molecule has 1 heterocycles. The van der Waals surface area contributed by atoms with Gasteiger partial charge in [-0.05, 0) is 17.7 Å². The summed E-state index contributed by atoms with van der Waals surface area (Å²) in [7, 11) is 0. The smallest absolute Gasteiger partial charge is 0.148 e. The molecule has 0 saturated carbocycles. The Morgan fingerprint density at radius 3 is 2.92 bits per heavy atom. The lowest BCUT2D eigenvalue weighted by atomic mass is 10.2. The second-order valence-electron chi connectivity index (χ2n) is 2.65. The predicted octanol–water partition coefficient (Wildman–Crippen LogP) is 2.93. The van der Waals surface area contributed by atoms with Crippen LogP contribution in [-0.4, -0.2) is 9.97 Å². The van der Waals surface area contributed by atoms with Crippen molar-refractivity contribution in [3.05, 3.63) is 41.7 Å². The van der Waals surface area contributed by atoms with E-state index in [0.29, 0.717) is 5.15 Å². The van der Waals surface area contributed by atoms with Crippen LogP contribution in [-0.2, 0) is 0 Å². The Kier molecular flexibility index (Phi) is 1.99. The Hall–Kier alpha value is -1.41. The van der Waals surface area contributed by atoms with E-state index < -0.39 is 0 Å². The first-order valence-corrected chi connectivity index (χ1v) is 4.22. The van der Waals surface area contributed by atoms with Crippen LogP contribution in [0.2, 0.25) is 5.15 Å². The number of aromatic nitrogens is 2. The molecule has 0 aliphatic heterocycles. The molecule has 2 nitrogen and oxygen atoms in total. The van der Waals surface area contributed by atoms with E-state index in [2.05, 4.69) is 16.5 Å². The van der Waals surface area contributed by atoms with E-state index in [4.69, 9.17) is 11.6 Å². The summed E-state index contributed by atoms with van der Waals surface area (Å²) in [6.45, 7) is 3.68. The van der Waals surface area contributed by atoms with Crippen molar-refractivity contribution in [2.24, 2.45) is 0 Å². The van der Waals surface area contributed by atoms with Crippen molar-refractivity contribution in [3.63, 3.8) is 0 Å². The molecule has 0 saturated heterocycles. The van der Waals surface area contributed by atoms with Crippen LogP contribution >= 0.6 is 11.6 Å². The molecule has 2 rings (SSSR count). The van der Waals surface area contributed by atoms with Crippen molar-refractivity contribution in [3.8, 4) is 0 Å². The Morgan fingerprint density at radius 1 is 1.31 bits per heavy atom. The summed E-state index contributed by atoms with van der Waals surface area (Å²) in [5, 5.41) is 0.411.